The molecule has 24 heavy (non-hydrogen) atoms. The van der Waals surface area contributed by atoms with Gasteiger partial charge < -0.3 is 14.7 Å². The van der Waals surface area contributed by atoms with Crippen molar-refractivity contribution < 1.29 is 4.52 Å². The van der Waals surface area contributed by atoms with Crippen LogP contribution in [-0.2, 0) is 19.5 Å². The molecule has 0 aromatic carbocycles. The predicted octanol–water partition coefficient (Wildman–Crippen LogP) is 2.88. The minimum atomic E-state index is 0.267. The molecule has 0 spiro atoms. The number of nitrogens with one attached hydrogen (secondary N) is 1. The van der Waals surface area contributed by atoms with E-state index in [-0.39, 0.29) is 5.41 Å². The number of pyridine rings is 1. The summed E-state index contributed by atoms with van der Waals surface area (Å²) in [5.41, 5.74) is 2.58. The van der Waals surface area contributed by atoms with E-state index in [4.69, 9.17) is 4.52 Å². The van der Waals surface area contributed by atoms with Crippen molar-refractivity contribution in [2.75, 3.05) is 14.1 Å². The van der Waals surface area contributed by atoms with E-state index >= 15 is 0 Å². The molecular weight excluding hydrogens is 300 g/mol. The van der Waals surface area contributed by atoms with Crippen LogP contribution in [0.3, 0.4) is 0 Å². The first-order chi connectivity index (χ1) is 11.4. The van der Waals surface area contributed by atoms with Gasteiger partial charge in [-0.25, -0.2) is 0 Å². The Labute approximate surface area is 144 Å². The quantitative estimate of drug-likeness (QED) is 0.847. The molecule has 0 radical (unpaired) electrons. The Morgan fingerprint density at radius 3 is 2.88 bits per heavy atom. The summed E-state index contributed by atoms with van der Waals surface area (Å²) >= 11 is 0. The number of hydrogen-bond acceptors (Lipinski definition) is 5. The van der Waals surface area contributed by atoms with Crippen molar-refractivity contribution in [3.63, 3.8) is 0 Å². The lowest BCUT2D eigenvalue weighted by Gasteiger charge is -2.52. The third-order valence-electron chi connectivity index (χ3n) is 5.28. The van der Waals surface area contributed by atoms with E-state index in [0.717, 1.165) is 31.0 Å². The van der Waals surface area contributed by atoms with Crippen LogP contribution in [0.1, 0.15) is 37.3 Å². The average molecular weight is 328 g/mol. The van der Waals surface area contributed by atoms with Crippen LogP contribution in [0.15, 0.2) is 35.1 Å². The van der Waals surface area contributed by atoms with Gasteiger partial charge in [0.1, 0.15) is 0 Å². The average Bonchev–Trinajstić information content (AvgIpc) is 2.97. The van der Waals surface area contributed by atoms with Gasteiger partial charge in [-0.1, -0.05) is 25.1 Å². The van der Waals surface area contributed by atoms with Gasteiger partial charge in [-0.2, -0.15) is 0 Å². The molecule has 0 unspecified atom stereocenters. The first-order valence-corrected chi connectivity index (χ1v) is 8.66. The standard InChI is InChI=1S/C19H28N4O/c1-19(2)15(8-16-10-17(24-22-16)13-23(3)4)9-18(19)21-12-14-6-5-7-20-11-14/h5-7,10-11,15,18,21H,8-9,12-13H2,1-4H3/t15-,18+/m1/s1. The fraction of sp³-hybridized carbons (Fsp3) is 0.579. The van der Waals surface area contributed by atoms with Crippen LogP contribution in [0.4, 0.5) is 0 Å². The fourth-order valence-corrected chi connectivity index (χ4v) is 3.54. The van der Waals surface area contributed by atoms with Gasteiger partial charge in [-0.3, -0.25) is 4.98 Å². The fourth-order valence-electron chi connectivity index (χ4n) is 3.54. The van der Waals surface area contributed by atoms with E-state index in [1.807, 2.05) is 32.6 Å². The molecule has 1 aliphatic rings. The number of nitrogens with zero attached hydrogens (tertiary/aromatic N) is 3. The molecule has 2 aromatic rings. The lowest BCUT2D eigenvalue weighted by atomic mass is 9.57. The molecule has 0 bridgehead atoms. The third kappa shape index (κ3) is 3.84. The third-order valence-corrected chi connectivity index (χ3v) is 5.28. The zero-order valence-corrected chi connectivity index (χ0v) is 15.1. The van der Waals surface area contributed by atoms with Gasteiger partial charge in [-0.05, 0) is 49.9 Å². The van der Waals surface area contributed by atoms with Gasteiger partial charge in [0, 0.05) is 31.0 Å². The van der Waals surface area contributed by atoms with Crippen LogP contribution in [0.5, 0.6) is 0 Å². The maximum absolute atomic E-state index is 5.43. The molecular formula is C19H28N4O. The zero-order valence-electron chi connectivity index (χ0n) is 15.1. The lowest BCUT2D eigenvalue weighted by Crippen LogP contribution is -2.57. The van der Waals surface area contributed by atoms with Crippen molar-refractivity contribution in [3.05, 3.63) is 47.6 Å². The van der Waals surface area contributed by atoms with E-state index < -0.39 is 0 Å². The summed E-state index contributed by atoms with van der Waals surface area (Å²) in [6.45, 7) is 6.38. The van der Waals surface area contributed by atoms with Crippen molar-refractivity contribution in [2.24, 2.45) is 11.3 Å². The lowest BCUT2D eigenvalue weighted by molar-refractivity contribution is 0.0125. The van der Waals surface area contributed by atoms with Crippen LogP contribution in [0, 0.1) is 11.3 Å². The number of hydrogen-bond donors (Lipinski definition) is 1. The summed E-state index contributed by atoms with van der Waals surface area (Å²) in [6, 6.07) is 6.75. The number of rotatable bonds is 7. The summed E-state index contributed by atoms with van der Waals surface area (Å²) in [5, 5.41) is 7.93. The molecule has 5 heteroatoms. The number of aromatic nitrogens is 2. The molecule has 0 aliphatic heterocycles. The molecule has 1 fully saturated rings. The first kappa shape index (κ1) is 17.1. The molecule has 5 nitrogen and oxygen atoms in total. The topological polar surface area (TPSA) is 54.2 Å². The molecule has 1 N–H and O–H groups in total. The highest BCUT2D eigenvalue weighted by Crippen LogP contribution is 2.47. The summed E-state index contributed by atoms with van der Waals surface area (Å²) in [6.07, 6.45) is 5.92. The Kier molecular flexibility index (Phi) is 5.01. The summed E-state index contributed by atoms with van der Waals surface area (Å²) in [5.74, 6) is 1.58. The van der Waals surface area contributed by atoms with Gasteiger partial charge >= 0.3 is 0 Å². The normalized spacial score (nSPS) is 22.5. The Hall–Kier alpha value is -1.72. The van der Waals surface area contributed by atoms with Gasteiger partial charge in [0.15, 0.2) is 5.76 Å². The summed E-state index contributed by atoms with van der Waals surface area (Å²) < 4.78 is 5.43. The molecule has 1 saturated carbocycles. The molecule has 0 amide bonds. The van der Waals surface area contributed by atoms with E-state index in [9.17, 15) is 0 Å². The molecule has 0 saturated heterocycles. The molecule has 130 valence electrons. The van der Waals surface area contributed by atoms with Gasteiger partial charge in [0.25, 0.3) is 0 Å². The van der Waals surface area contributed by atoms with Crippen molar-refractivity contribution in [3.8, 4) is 0 Å². The van der Waals surface area contributed by atoms with Crippen LogP contribution in [-0.4, -0.2) is 35.2 Å². The van der Waals surface area contributed by atoms with Crippen molar-refractivity contribution in [1.29, 1.82) is 0 Å². The highest BCUT2D eigenvalue weighted by atomic mass is 16.5. The van der Waals surface area contributed by atoms with Gasteiger partial charge in [0.05, 0.1) is 12.2 Å². The highest BCUT2D eigenvalue weighted by Gasteiger charge is 2.47. The minimum absolute atomic E-state index is 0.267. The SMILES string of the molecule is CN(C)Cc1cc(C[C@@H]2C[C@H](NCc3cccnc3)C2(C)C)no1. The van der Waals surface area contributed by atoms with E-state index in [1.165, 1.54) is 12.0 Å². The van der Waals surface area contributed by atoms with Crippen LogP contribution in [0.2, 0.25) is 0 Å². The van der Waals surface area contributed by atoms with Crippen molar-refractivity contribution >= 4 is 0 Å². The highest BCUT2D eigenvalue weighted by molar-refractivity contribution is 5.13. The monoisotopic (exact) mass is 328 g/mol. The van der Waals surface area contributed by atoms with E-state index in [2.05, 4.69) is 46.3 Å². The predicted molar refractivity (Wildman–Crippen MR) is 94.4 cm³/mol. The van der Waals surface area contributed by atoms with Crippen LogP contribution >= 0.6 is 0 Å². The van der Waals surface area contributed by atoms with E-state index in [1.54, 1.807) is 0 Å². The smallest absolute Gasteiger partial charge is 0.150 e. The summed E-state index contributed by atoms with van der Waals surface area (Å²) in [4.78, 5) is 6.27. The van der Waals surface area contributed by atoms with Crippen molar-refractivity contribution in [1.82, 2.24) is 20.4 Å². The van der Waals surface area contributed by atoms with Gasteiger partial charge in [-0.15, -0.1) is 0 Å². The second kappa shape index (κ2) is 7.03. The second-order valence-electron chi connectivity index (χ2n) is 7.78. The van der Waals surface area contributed by atoms with Crippen LogP contribution in [0.25, 0.3) is 0 Å². The molecule has 2 atom stereocenters. The minimum Gasteiger partial charge on any atom is -0.360 e. The Balaban J connectivity index is 1.51. The maximum Gasteiger partial charge on any atom is 0.150 e. The van der Waals surface area contributed by atoms with E-state index in [0.29, 0.717) is 12.0 Å². The molecule has 1 aliphatic carbocycles. The first-order valence-electron chi connectivity index (χ1n) is 8.66. The molecule has 3 rings (SSSR count). The molecule has 2 aromatic heterocycles. The van der Waals surface area contributed by atoms with Crippen molar-refractivity contribution in [2.45, 2.75) is 45.8 Å². The Morgan fingerprint density at radius 2 is 2.21 bits per heavy atom. The zero-order chi connectivity index (χ0) is 17.2. The Bertz CT molecular complexity index is 650. The maximum atomic E-state index is 5.43. The van der Waals surface area contributed by atoms with Crippen LogP contribution < -0.4 is 5.32 Å². The molecule has 2 heterocycles. The summed E-state index contributed by atoms with van der Waals surface area (Å²) in [7, 11) is 4.07. The largest absolute Gasteiger partial charge is 0.360 e. The second-order valence-corrected chi connectivity index (χ2v) is 7.78. The Morgan fingerprint density at radius 1 is 1.38 bits per heavy atom. The van der Waals surface area contributed by atoms with Gasteiger partial charge in [0.2, 0.25) is 0 Å².